The lowest BCUT2D eigenvalue weighted by atomic mass is 10.1. The molecule has 0 aliphatic heterocycles. The summed E-state index contributed by atoms with van der Waals surface area (Å²) in [7, 11) is 1.19. The molecule has 0 saturated heterocycles. The van der Waals surface area contributed by atoms with E-state index in [0.29, 0.717) is 18.7 Å². The predicted octanol–water partition coefficient (Wildman–Crippen LogP) is 2.68. The average Bonchev–Trinajstić information content (AvgIpc) is 3.03. The number of nitrogens with one attached hydrogen (secondary N) is 1. The van der Waals surface area contributed by atoms with Gasteiger partial charge in [-0.3, -0.25) is 10.1 Å². The van der Waals surface area contributed by atoms with Crippen molar-refractivity contribution in [2.24, 2.45) is 0 Å². The Hall–Kier alpha value is -3.42. The van der Waals surface area contributed by atoms with Crippen LogP contribution in [0.4, 0.5) is 11.4 Å². The predicted molar refractivity (Wildman–Crippen MR) is 91.8 cm³/mol. The van der Waals surface area contributed by atoms with Gasteiger partial charge in [-0.05, 0) is 24.3 Å². The van der Waals surface area contributed by atoms with Crippen LogP contribution >= 0.6 is 0 Å². The molecule has 0 aliphatic rings. The molecule has 8 nitrogen and oxygen atoms in total. The van der Waals surface area contributed by atoms with Crippen LogP contribution < -0.4 is 5.32 Å². The topological polar surface area (TPSA) is 98.8 Å². The van der Waals surface area contributed by atoms with Crippen molar-refractivity contribution in [3.63, 3.8) is 0 Å². The Morgan fingerprint density at radius 2 is 2.20 bits per heavy atom. The first-order valence-corrected chi connectivity index (χ1v) is 7.61. The number of carbonyl (C=O) groups excluding carboxylic acids is 1. The van der Waals surface area contributed by atoms with Crippen molar-refractivity contribution in [2.75, 3.05) is 19.0 Å². The van der Waals surface area contributed by atoms with Crippen LogP contribution in [0, 0.1) is 10.1 Å². The number of esters is 1. The monoisotopic (exact) mass is 340 g/mol. The molecule has 0 aliphatic carbocycles. The number of rotatable bonds is 6. The Labute approximate surface area is 143 Å². The van der Waals surface area contributed by atoms with Crippen LogP contribution in [0.2, 0.25) is 0 Å². The molecule has 0 unspecified atom stereocenters. The zero-order valence-corrected chi connectivity index (χ0v) is 13.5. The lowest BCUT2D eigenvalue weighted by Crippen LogP contribution is -2.09. The van der Waals surface area contributed by atoms with Crippen molar-refractivity contribution in [1.29, 1.82) is 0 Å². The highest BCUT2D eigenvalue weighted by atomic mass is 16.6. The number of benzene rings is 1. The van der Waals surface area contributed by atoms with Crippen LogP contribution in [-0.4, -0.2) is 33.9 Å². The van der Waals surface area contributed by atoms with Crippen molar-refractivity contribution < 1.29 is 14.5 Å². The Morgan fingerprint density at radius 3 is 2.92 bits per heavy atom. The zero-order valence-electron chi connectivity index (χ0n) is 13.5. The molecule has 8 heteroatoms. The second kappa shape index (κ2) is 7.00. The highest BCUT2D eigenvalue weighted by molar-refractivity contribution is 5.95. The average molecular weight is 340 g/mol. The van der Waals surface area contributed by atoms with Crippen molar-refractivity contribution in [3.05, 3.63) is 70.2 Å². The lowest BCUT2D eigenvalue weighted by molar-refractivity contribution is -0.385. The molecule has 0 bridgehead atoms. The van der Waals surface area contributed by atoms with Crippen LogP contribution in [0.1, 0.15) is 16.1 Å². The minimum Gasteiger partial charge on any atom is -0.465 e. The van der Waals surface area contributed by atoms with E-state index in [2.05, 4.69) is 15.0 Å². The SMILES string of the molecule is COC(=O)c1cc(NCCc2cn3ccccc3n2)ccc1[N+](=O)[O-]. The van der Waals surface area contributed by atoms with E-state index in [4.69, 9.17) is 0 Å². The van der Waals surface area contributed by atoms with Crippen molar-refractivity contribution >= 4 is 23.0 Å². The molecular formula is C17H16N4O4. The molecule has 0 saturated carbocycles. The lowest BCUT2D eigenvalue weighted by Gasteiger charge is -2.07. The number of nitro groups is 1. The second-order valence-corrected chi connectivity index (χ2v) is 5.36. The maximum Gasteiger partial charge on any atom is 0.344 e. The van der Waals surface area contributed by atoms with Crippen LogP contribution in [0.3, 0.4) is 0 Å². The normalized spacial score (nSPS) is 10.6. The van der Waals surface area contributed by atoms with E-state index in [9.17, 15) is 14.9 Å². The van der Waals surface area contributed by atoms with Gasteiger partial charge in [0.1, 0.15) is 11.2 Å². The van der Waals surface area contributed by atoms with E-state index in [1.807, 2.05) is 35.0 Å². The van der Waals surface area contributed by atoms with Gasteiger partial charge >= 0.3 is 5.97 Å². The first-order valence-electron chi connectivity index (χ1n) is 7.61. The Morgan fingerprint density at radius 1 is 1.36 bits per heavy atom. The fraction of sp³-hybridized carbons (Fsp3) is 0.176. The molecule has 0 fully saturated rings. The third kappa shape index (κ3) is 3.57. The van der Waals surface area contributed by atoms with Gasteiger partial charge in [-0.15, -0.1) is 0 Å². The van der Waals surface area contributed by atoms with Crippen LogP contribution in [-0.2, 0) is 11.2 Å². The molecule has 0 radical (unpaired) electrons. The molecule has 0 spiro atoms. The maximum absolute atomic E-state index is 11.7. The third-order valence-corrected chi connectivity index (χ3v) is 3.72. The highest BCUT2D eigenvalue weighted by Gasteiger charge is 2.21. The molecule has 1 N–H and O–H groups in total. The summed E-state index contributed by atoms with van der Waals surface area (Å²) in [6.07, 6.45) is 4.55. The number of ether oxygens (including phenoxy) is 1. The molecule has 0 amide bonds. The number of carbonyl (C=O) groups is 1. The summed E-state index contributed by atoms with van der Waals surface area (Å²) in [6, 6.07) is 10.1. The number of methoxy groups -OCH3 is 1. The molecule has 3 rings (SSSR count). The quantitative estimate of drug-likeness (QED) is 0.421. The van der Waals surface area contributed by atoms with E-state index < -0.39 is 10.9 Å². The summed E-state index contributed by atoms with van der Waals surface area (Å²) in [5.41, 5.74) is 2.05. The highest BCUT2D eigenvalue weighted by Crippen LogP contribution is 2.23. The molecule has 2 aromatic heterocycles. The Kier molecular flexibility index (Phi) is 4.60. The van der Waals surface area contributed by atoms with E-state index in [-0.39, 0.29) is 11.3 Å². The van der Waals surface area contributed by atoms with Gasteiger partial charge in [-0.2, -0.15) is 0 Å². The number of fused-ring (bicyclic) bond motifs is 1. The molecule has 1 aromatic carbocycles. The van der Waals surface area contributed by atoms with E-state index in [1.165, 1.54) is 19.2 Å². The maximum atomic E-state index is 11.7. The van der Waals surface area contributed by atoms with Crippen molar-refractivity contribution in [1.82, 2.24) is 9.38 Å². The standard InChI is InChI=1S/C17H16N4O4/c1-25-17(22)14-10-12(5-6-15(14)21(23)24)18-8-7-13-11-20-9-3-2-4-16(20)19-13/h2-6,9-11,18H,7-8H2,1H3. The first-order chi connectivity index (χ1) is 12.1. The summed E-state index contributed by atoms with van der Waals surface area (Å²) < 4.78 is 6.55. The number of nitro benzene ring substituents is 1. The number of imidazole rings is 1. The summed E-state index contributed by atoms with van der Waals surface area (Å²) >= 11 is 0. The third-order valence-electron chi connectivity index (χ3n) is 3.72. The minimum absolute atomic E-state index is 0.0785. The largest absolute Gasteiger partial charge is 0.465 e. The summed E-state index contributed by atoms with van der Waals surface area (Å²) in [5, 5.41) is 14.1. The first kappa shape index (κ1) is 16.4. The summed E-state index contributed by atoms with van der Waals surface area (Å²) in [6.45, 7) is 0.572. The summed E-state index contributed by atoms with van der Waals surface area (Å²) in [5.74, 6) is -0.740. The fourth-order valence-corrected chi connectivity index (χ4v) is 2.52. The van der Waals surface area contributed by atoms with E-state index in [0.717, 1.165) is 11.3 Å². The number of nitrogens with zero attached hydrogens (tertiary/aromatic N) is 3. The minimum atomic E-state index is -0.740. The van der Waals surface area contributed by atoms with Gasteiger partial charge in [0.05, 0.1) is 17.7 Å². The Balaban J connectivity index is 1.70. The number of aromatic nitrogens is 2. The molecule has 3 aromatic rings. The van der Waals surface area contributed by atoms with Gasteiger partial charge in [0.2, 0.25) is 0 Å². The van der Waals surface area contributed by atoms with Crippen LogP contribution in [0.15, 0.2) is 48.8 Å². The number of hydrogen-bond donors (Lipinski definition) is 1. The smallest absolute Gasteiger partial charge is 0.344 e. The van der Waals surface area contributed by atoms with Gasteiger partial charge in [-0.25, -0.2) is 9.78 Å². The van der Waals surface area contributed by atoms with Crippen LogP contribution in [0.25, 0.3) is 5.65 Å². The number of anilines is 1. The summed E-state index contributed by atoms with van der Waals surface area (Å²) in [4.78, 5) is 26.6. The van der Waals surface area contributed by atoms with Gasteiger partial charge in [0, 0.05) is 37.1 Å². The van der Waals surface area contributed by atoms with Crippen molar-refractivity contribution in [3.8, 4) is 0 Å². The van der Waals surface area contributed by atoms with Gasteiger partial charge in [-0.1, -0.05) is 6.07 Å². The van der Waals surface area contributed by atoms with Gasteiger partial charge in [0.15, 0.2) is 0 Å². The fourth-order valence-electron chi connectivity index (χ4n) is 2.52. The van der Waals surface area contributed by atoms with E-state index >= 15 is 0 Å². The second-order valence-electron chi connectivity index (χ2n) is 5.36. The zero-order chi connectivity index (χ0) is 17.8. The van der Waals surface area contributed by atoms with Crippen LogP contribution in [0.5, 0.6) is 0 Å². The Bertz CT molecular complexity index is 902. The van der Waals surface area contributed by atoms with Gasteiger partial charge < -0.3 is 14.5 Å². The number of hydrogen-bond acceptors (Lipinski definition) is 6. The van der Waals surface area contributed by atoms with Gasteiger partial charge in [0.25, 0.3) is 5.69 Å². The molecule has 25 heavy (non-hydrogen) atoms. The van der Waals surface area contributed by atoms with E-state index in [1.54, 1.807) is 6.07 Å². The number of pyridine rings is 1. The molecule has 2 heterocycles. The molecule has 128 valence electrons. The molecular weight excluding hydrogens is 324 g/mol. The van der Waals surface area contributed by atoms with Crippen molar-refractivity contribution in [2.45, 2.75) is 6.42 Å². The molecule has 0 atom stereocenters.